The number of H-pyrrole nitrogens is 2. The number of fused-ring (bicyclic) bond motifs is 1. The zero-order valence-electron chi connectivity index (χ0n) is 7.72. The maximum atomic E-state index is 11.0. The lowest BCUT2D eigenvalue weighted by molar-refractivity contribution is 0.868. The van der Waals surface area contributed by atoms with Gasteiger partial charge in [-0.3, -0.25) is 0 Å². The number of aromatic amines is 2. The van der Waals surface area contributed by atoms with Crippen molar-refractivity contribution in [3.63, 3.8) is 0 Å². The molecule has 0 radical (unpaired) electrons. The second-order valence-electron chi connectivity index (χ2n) is 3.54. The Morgan fingerprint density at radius 1 is 1.14 bits per heavy atom. The summed E-state index contributed by atoms with van der Waals surface area (Å²) < 4.78 is 0. The van der Waals surface area contributed by atoms with Gasteiger partial charge < -0.3 is 9.97 Å². The van der Waals surface area contributed by atoms with E-state index in [9.17, 15) is 4.79 Å². The van der Waals surface area contributed by atoms with E-state index in [1.165, 1.54) is 5.56 Å². The average molecular weight is 192 g/mol. The average Bonchev–Trinajstić information content (AvgIpc) is 2.42. The minimum Gasteiger partial charge on any atom is -0.306 e. The van der Waals surface area contributed by atoms with Crippen LogP contribution in [0.15, 0.2) is 23.0 Å². The Balaban J connectivity index is 0.000000980. The van der Waals surface area contributed by atoms with Gasteiger partial charge in [0, 0.05) is 0 Å². The predicted molar refractivity (Wildman–Crippen MR) is 59.7 cm³/mol. The maximum absolute atomic E-state index is 11.0. The fourth-order valence-corrected chi connectivity index (χ4v) is 1.41. The highest BCUT2D eigenvalue weighted by atomic mass is 16.1. The molecule has 0 saturated heterocycles. The summed E-state index contributed by atoms with van der Waals surface area (Å²) in [7, 11) is 0. The van der Waals surface area contributed by atoms with E-state index in [2.05, 4.69) is 23.8 Å². The molecule has 0 amide bonds. The summed E-state index contributed by atoms with van der Waals surface area (Å²) in [6.45, 7) is 4.26. The van der Waals surface area contributed by atoms with Gasteiger partial charge in [-0.2, -0.15) is 0 Å². The fourth-order valence-electron chi connectivity index (χ4n) is 1.41. The van der Waals surface area contributed by atoms with Crippen LogP contribution in [0.3, 0.4) is 0 Å². The van der Waals surface area contributed by atoms with E-state index in [1.807, 2.05) is 18.2 Å². The van der Waals surface area contributed by atoms with Crippen LogP contribution in [0.4, 0.5) is 0 Å². The normalized spacial score (nSPS) is 10.5. The van der Waals surface area contributed by atoms with Crippen LogP contribution in [0.5, 0.6) is 0 Å². The zero-order chi connectivity index (χ0) is 9.42. The molecule has 2 N–H and O–H groups in total. The van der Waals surface area contributed by atoms with Crippen LogP contribution in [0.1, 0.15) is 32.8 Å². The molecule has 0 bridgehead atoms. The van der Waals surface area contributed by atoms with Crippen molar-refractivity contribution < 1.29 is 0 Å². The smallest absolute Gasteiger partial charge is 0.306 e. The Kier molecular flexibility index (Phi) is 2.79. The van der Waals surface area contributed by atoms with E-state index in [-0.39, 0.29) is 13.1 Å². The molecular formula is C11H16N2O. The first kappa shape index (κ1) is 10.6. The lowest BCUT2D eigenvalue weighted by atomic mass is 10.0. The van der Waals surface area contributed by atoms with Crippen molar-refractivity contribution in [3.8, 4) is 0 Å². The summed E-state index contributed by atoms with van der Waals surface area (Å²) in [6, 6.07) is 5.98. The molecule has 3 heteroatoms. The van der Waals surface area contributed by atoms with E-state index >= 15 is 0 Å². The van der Waals surface area contributed by atoms with Gasteiger partial charge in [-0.05, 0) is 23.6 Å². The highest BCUT2D eigenvalue weighted by Gasteiger charge is 2.02. The Morgan fingerprint density at radius 2 is 1.79 bits per heavy atom. The van der Waals surface area contributed by atoms with Crippen molar-refractivity contribution in [2.75, 3.05) is 0 Å². The largest absolute Gasteiger partial charge is 0.323 e. The zero-order valence-corrected chi connectivity index (χ0v) is 7.72. The van der Waals surface area contributed by atoms with Crippen LogP contribution in [0, 0.1) is 0 Å². The van der Waals surface area contributed by atoms with Crippen molar-refractivity contribution in [1.82, 2.24) is 9.97 Å². The third-order valence-corrected chi connectivity index (χ3v) is 2.21. The first-order valence-electron chi connectivity index (χ1n) is 4.39. The molecule has 2 rings (SSSR count). The number of rotatable bonds is 1. The van der Waals surface area contributed by atoms with Crippen LogP contribution in [0.2, 0.25) is 0 Å². The second-order valence-corrected chi connectivity index (χ2v) is 3.54. The Hall–Kier alpha value is -1.51. The number of nitrogens with one attached hydrogen (secondary N) is 2. The van der Waals surface area contributed by atoms with Gasteiger partial charge in [0.1, 0.15) is 0 Å². The number of hydrogen-bond donors (Lipinski definition) is 2. The van der Waals surface area contributed by atoms with E-state index in [4.69, 9.17) is 0 Å². The van der Waals surface area contributed by atoms with Gasteiger partial charge in [-0.1, -0.05) is 27.3 Å². The van der Waals surface area contributed by atoms with Crippen molar-refractivity contribution in [2.45, 2.75) is 27.2 Å². The van der Waals surface area contributed by atoms with Gasteiger partial charge >= 0.3 is 5.69 Å². The predicted octanol–water partition coefficient (Wildman–Crippen LogP) is 2.62. The number of aromatic nitrogens is 2. The van der Waals surface area contributed by atoms with Crippen molar-refractivity contribution >= 4 is 11.0 Å². The van der Waals surface area contributed by atoms with Gasteiger partial charge in [0.25, 0.3) is 0 Å². The molecule has 1 heterocycles. The fraction of sp³-hybridized carbons (Fsp3) is 0.364. The van der Waals surface area contributed by atoms with Crippen molar-refractivity contribution in [3.05, 3.63) is 34.2 Å². The Labute approximate surface area is 83.2 Å². The molecule has 0 unspecified atom stereocenters. The van der Waals surface area contributed by atoms with Crippen LogP contribution in [-0.2, 0) is 0 Å². The molecule has 76 valence electrons. The minimum absolute atomic E-state index is 0. The minimum atomic E-state index is -0.143. The summed E-state index contributed by atoms with van der Waals surface area (Å²) >= 11 is 0. The third-order valence-electron chi connectivity index (χ3n) is 2.21. The molecule has 2 aromatic rings. The van der Waals surface area contributed by atoms with Gasteiger partial charge in [-0.25, -0.2) is 4.79 Å². The molecule has 0 fully saturated rings. The summed E-state index contributed by atoms with van der Waals surface area (Å²) in [5.74, 6) is 0.489. The van der Waals surface area contributed by atoms with Gasteiger partial charge in [0.15, 0.2) is 0 Å². The molecule has 1 aromatic carbocycles. The standard InChI is InChI=1S/C10H12N2O.CH4/c1-6(2)7-3-4-8-9(5-7)12-10(13)11-8;/h3-6H,1-2H3,(H2,11,12,13);1H4. The second kappa shape index (κ2) is 3.70. The Morgan fingerprint density at radius 3 is 2.43 bits per heavy atom. The summed E-state index contributed by atoms with van der Waals surface area (Å²) in [5, 5.41) is 0. The van der Waals surface area contributed by atoms with E-state index < -0.39 is 0 Å². The monoisotopic (exact) mass is 192 g/mol. The number of imidazole rings is 1. The molecule has 0 spiro atoms. The first-order chi connectivity index (χ1) is 6.16. The molecular weight excluding hydrogens is 176 g/mol. The number of hydrogen-bond acceptors (Lipinski definition) is 1. The lowest BCUT2D eigenvalue weighted by Crippen LogP contribution is -1.99. The van der Waals surface area contributed by atoms with E-state index in [0.29, 0.717) is 5.92 Å². The summed E-state index contributed by atoms with van der Waals surface area (Å²) in [6.07, 6.45) is 0. The molecule has 0 atom stereocenters. The van der Waals surface area contributed by atoms with E-state index in [0.717, 1.165) is 11.0 Å². The van der Waals surface area contributed by atoms with Crippen LogP contribution < -0.4 is 5.69 Å². The van der Waals surface area contributed by atoms with Crippen molar-refractivity contribution in [1.29, 1.82) is 0 Å². The summed E-state index contributed by atoms with van der Waals surface area (Å²) in [4.78, 5) is 16.4. The van der Waals surface area contributed by atoms with Crippen LogP contribution in [-0.4, -0.2) is 9.97 Å². The molecule has 14 heavy (non-hydrogen) atoms. The highest BCUT2D eigenvalue weighted by molar-refractivity contribution is 5.75. The van der Waals surface area contributed by atoms with E-state index in [1.54, 1.807) is 0 Å². The topological polar surface area (TPSA) is 48.6 Å². The highest BCUT2D eigenvalue weighted by Crippen LogP contribution is 2.17. The first-order valence-corrected chi connectivity index (χ1v) is 4.39. The lowest BCUT2D eigenvalue weighted by Gasteiger charge is -2.03. The quantitative estimate of drug-likeness (QED) is 0.717. The molecule has 0 aliphatic rings. The molecule has 0 saturated carbocycles. The molecule has 0 aliphatic heterocycles. The van der Waals surface area contributed by atoms with Gasteiger partial charge in [0.05, 0.1) is 11.0 Å². The maximum Gasteiger partial charge on any atom is 0.323 e. The number of benzene rings is 1. The van der Waals surface area contributed by atoms with Crippen LogP contribution in [0.25, 0.3) is 11.0 Å². The molecule has 0 aliphatic carbocycles. The molecule has 3 nitrogen and oxygen atoms in total. The third kappa shape index (κ3) is 1.71. The summed E-state index contributed by atoms with van der Waals surface area (Å²) in [5.41, 5.74) is 2.85. The SMILES string of the molecule is C.CC(C)c1ccc2[nH]c(=O)[nH]c2c1. The van der Waals surface area contributed by atoms with Gasteiger partial charge in [-0.15, -0.1) is 0 Å². The van der Waals surface area contributed by atoms with Gasteiger partial charge in [0.2, 0.25) is 0 Å². The van der Waals surface area contributed by atoms with Crippen LogP contribution >= 0.6 is 0 Å². The van der Waals surface area contributed by atoms with Crippen molar-refractivity contribution in [2.24, 2.45) is 0 Å². The molecule has 1 aromatic heterocycles. The Bertz CT molecular complexity index is 479.